The quantitative estimate of drug-likeness (QED) is 0.154. The molecule has 0 aromatic carbocycles. The number of ketones is 1. The molecule has 0 bridgehead atoms. The van der Waals surface area contributed by atoms with Gasteiger partial charge in [-0.3, -0.25) is 19.2 Å². The van der Waals surface area contributed by atoms with E-state index in [1.807, 2.05) is 34.6 Å². The number of Topliss-reactive ketones (excluding diaryl/α,β-unsaturated/α-hetero) is 1. The Labute approximate surface area is 216 Å². The van der Waals surface area contributed by atoms with Gasteiger partial charge in [-0.2, -0.15) is 0 Å². The second-order valence-corrected chi connectivity index (χ2v) is 9.78. The zero-order chi connectivity index (χ0) is 27.7. The third-order valence-corrected chi connectivity index (χ3v) is 6.09. The van der Waals surface area contributed by atoms with Crippen LogP contribution in [0.15, 0.2) is 0 Å². The van der Waals surface area contributed by atoms with Crippen molar-refractivity contribution in [1.29, 1.82) is 0 Å². The van der Waals surface area contributed by atoms with Crippen molar-refractivity contribution in [2.45, 2.75) is 118 Å². The molecule has 4 amide bonds. The number of rotatable bonds is 19. The standard InChI is InChI=1S/C26H48N4O6/c1-7-12-20(8-2)25(34)36-18(5)13-9-10-15-22(32)30-23(17(3)4)24(33)29-21(19(6)31)14-11-16-28-26(27)35/h17-18,20-21,23H,7-16H2,1-6H3,(H,29,33)(H,30,32)(H3,27,28,35)/t18?,20?,21-,23-/m0/s1. The molecule has 10 nitrogen and oxygen atoms in total. The zero-order valence-electron chi connectivity index (χ0n) is 23.0. The summed E-state index contributed by atoms with van der Waals surface area (Å²) in [5, 5.41) is 7.94. The third kappa shape index (κ3) is 14.7. The second-order valence-electron chi connectivity index (χ2n) is 9.78. The molecule has 0 heterocycles. The van der Waals surface area contributed by atoms with Crippen molar-refractivity contribution in [3.63, 3.8) is 0 Å². The maximum Gasteiger partial charge on any atom is 0.312 e. The van der Waals surface area contributed by atoms with Crippen LogP contribution >= 0.6 is 0 Å². The van der Waals surface area contributed by atoms with Gasteiger partial charge in [-0.25, -0.2) is 4.79 Å². The van der Waals surface area contributed by atoms with Gasteiger partial charge in [0.2, 0.25) is 11.8 Å². The number of amides is 4. The van der Waals surface area contributed by atoms with Crippen LogP contribution in [0, 0.1) is 11.8 Å². The number of nitrogens with one attached hydrogen (secondary N) is 3. The van der Waals surface area contributed by atoms with Gasteiger partial charge in [-0.15, -0.1) is 0 Å². The number of hydrogen-bond acceptors (Lipinski definition) is 6. The van der Waals surface area contributed by atoms with Gasteiger partial charge in [0.25, 0.3) is 0 Å². The van der Waals surface area contributed by atoms with Crippen molar-refractivity contribution in [1.82, 2.24) is 16.0 Å². The van der Waals surface area contributed by atoms with Gasteiger partial charge in [0, 0.05) is 13.0 Å². The van der Waals surface area contributed by atoms with E-state index < -0.39 is 24.0 Å². The number of carbonyl (C=O) groups excluding carboxylic acids is 5. The minimum absolute atomic E-state index is 0.0586. The van der Waals surface area contributed by atoms with E-state index in [-0.39, 0.29) is 42.0 Å². The molecule has 0 radical (unpaired) electrons. The summed E-state index contributed by atoms with van der Waals surface area (Å²) in [7, 11) is 0. The normalized spacial score (nSPS) is 14.3. The van der Waals surface area contributed by atoms with Gasteiger partial charge in [0.15, 0.2) is 5.78 Å². The minimum atomic E-state index is -0.771. The molecule has 10 heteroatoms. The van der Waals surface area contributed by atoms with Gasteiger partial charge in [0.05, 0.1) is 18.1 Å². The molecule has 0 aliphatic heterocycles. The Balaban J connectivity index is 4.57. The van der Waals surface area contributed by atoms with Crippen LogP contribution in [0.5, 0.6) is 0 Å². The SMILES string of the molecule is CCCC(CC)C(=O)OC(C)CCCCC(=O)N[C@H](C(=O)N[C@@H](CCCNC(N)=O)C(C)=O)C(C)C. The van der Waals surface area contributed by atoms with E-state index >= 15 is 0 Å². The Morgan fingerprint density at radius 3 is 2.08 bits per heavy atom. The van der Waals surface area contributed by atoms with E-state index in [9.17, 15) is 24.0 Å². The lowest BCUT2D eigenvalue weighted by Gasteiger charge is -2.25. The summed E-state index contributed by atoms with van der Waals surface area (Å²) in [6.45, 7) is 11.2. The summed E-state index contributed by atoms with van der Waals surface area (Å²) in [5.74, 6) is -1.25. The molecule has 0 aromatic rings. The van der Waals surface area contributed by atoms with Crippen LogP contribution in [0.2, 0.25) is 0 Å². The molecule has 0 saturated heterocycles. The van der Waals surface area contributed by atoms with Crippen molar-refractivity contribution < 1.29 is 28.7 Å². The first-order valence-corrected chi connectivity index (χ1v) is 13.3. The van der Waals surface area contributed by atoms with Crippen molar-refractivity contribution in [3.05, 3.63) is 0 Å². The number of primary amides is 1. The first-order chi connectivity index (χ1) is 16.9. The molecule has 36 heavy (non-hydrogen) atoms. The first-order valence-electron chi connectivity index (χ1n) is 13.3. The van der Waals surface area contributed by atoms with Crippen molar-refractivity contribution in [2.75, 3.05) is 6.54 Å². The fraction of sp³-hybridized carbons (Fsp3) is 0.808. The lowest BCUT2D eigenvalue weighted by molar-refractivity contribution is -0.154. The largest absolute Gasteiger partial charge is 0.462 e. The van der Waals surface area contributed by atoms with Crippen LogP contribution in [-0.2, 0) is 23.9 Å². The average molecular weight is 513 g/mol. The van der Waals surface area contributed by atoms with E-state index in [4.69, 9.17) is 10.5 Å². The molecule has 0 spiro atoms. The summed E-state index contributed by atoms with van der Waals surface area (Å²) in [6, 6.07) is -2.12. The van der Waals surface area contributed by atoms with Crippen LogP contribution in [-0.4, -0.2) is 54.3 Å². The summed E-state index contributed by atoms with van der Waals surface area (Å²) >= 11 is 0. The summed E-state index contributed by atoms with van der Waals surface area (Å²) in [4.78, 5) is 60.2. The average Bonchev–Trinajstić information content (AvgIpc) is 2.79. The van der Waals surface area contributed by atoms with Gasteiger partial charge in [0.1, 0.15) is 6.04 Å². The number of unbranched alkanes of at least 4 members (excludes halogenated alkanes) is 1. The molecular weight excluding hydrogens is 464 g/mol. The van der Waals surface area contributed by atoms with E-state index in [0.717, 1.165) is 25.7 Å². The molecule has 2 unspecified atom stereocenters. The monoisotopic (exact) mass is 512 g/mol. The van der Waals surface area contributed by atoms with Crippen LogP contribution in [0.4, 0.5) is 4.79 Å². The van der Waals surface area contributed by atoms with E-state index in [1.54, 1.807) is 0 Å². The minimum Gasteiger partial charge on any atom is -0.462 e. The smallest absolute Gasteiger partial charge is 0.312 e. The van der Waals surface area contributed by atoms with Crippen LogP contribution < -0.4 is 21.7 Å². The van der Waals surface area contributed by atoms with Crippen molar-refractivity contribution >= 4 is 29.6 Å². The molecule has 4 atom stereocenters. The number of esters is 1. The molecule has 208 valence electrons. The van der Waals surface area contributed by atoms with Crippen LogP contribution in [0.3, 0.4) is 0 Å². The van der Waals surface area contributed by atoms with Gasteiger partial charge < -0.3 is 26.4 Å². The van der Waals surface area contributed by atoms with Crippen molar-refractivity contribution in [3.8, 4) is 0 Å². The van der Waals surface area contributed by atoms with Crippen LogP contribution in [0.25, 0.3) is 0 Å². The number of carbonyl (C=O) groups is 5. The van der Waals surface area contributed by atoms with Crippen LogP contribution in [0.1, 0.15) is 99.3 Å². The van der Waals surface area contributed by atoms with E-state index in [2.05, 4.69) is 16.0 Å². The first kappa shape index (κ1) is 33.4. The number of ether oxygens (including phenoxy) is 1. The second kappa shape index (κ2) is 18.6. The highest BCUT2D eigenvalue weighted by molar-refractivity contribution is 5.92. The Hall–Kier alpha value is -2.65. The maximum atomic E-state index is 12.8. The molecule has 0 aliphatic rings. The predicted molar refractivity (Wildman–Crippen MR) is 139 cm³/mol. The molecule has 0 rings (SSSR count). The maximum absolute atomic E-state index is 12.8. The van der Waals surface area contributed by atoms with E-state index in [1.165, 1.54) is 6.92 Å². The van der Waals surface area contributed by atoms with Gasteiger partial charge in [-0.1, -0.05) is 34.1 Å². The Bertz CT molecular complexity index is 713. The Morgan fingerprint density at radius 1 is 0.889 bits per heavy atom. The molecule has 0 fully saturated rings. The fourth-order valence-electron chi connectivity index (χ4n) is 3.84. The molecular formula is C26H48N4O6. The Morgan fingerprint density at radius 2 is 1.56 bits per heavy atom. The third-order valence-electron chi connectivity index (χ3n) is 6.09. The highest BCUT2D eigenvalue weighted by Gasteiger charge is 2.27. The van der Waals surface area contributed by atoms with Gasteiger partial charge >= 0.3 is 12.0 Å². The van der Waals surface area contributed by atoms with Gasteiger partial charge in [-0.05, 0) is 64.7 Å². The zero-order valence-corrected chi connectivity index (χ0v) is 23.0. The van der Waals surface area contributed by atoms with Crippen molar-refractivity contribution in [2.24, 2.45) is 17.6 Å². The number of urea groups is 1. The molecule has 0 saturated carbocycles. The van der Waals surface area contributed by atoms with E-state index in [0.29, 0.717) is 32.2 Å². The number of hydrogen-bond donors (Lipinski definition) is 4. The Kier molecular flexibility index (Phi) is 17.2. The highest BCUT2D eigenvalue weighted by Crippen LogP contribution is 2.16. The molecule has 0 aliphatic carbocycles. The lowest BCUT2D eigenvalue weighted by Crippen LogP contribution is -2.53. The lowest BCUT2D eigenvalue weighted by atomic mass is 10.0. The molecule has 5 N–H and O–H groups in total. The fourth-order valence-corrected chi connectivity index (χ4v) is 3.84. The predicted octanol–water partition coefficient (Wildman–Crippen LogP) is 2.97. The topological polar surface area (TPSA) is 157 Å². The summed E-state index contributed by atoms with van der Waals surface area (Å²) < 4.78 is 5.55. The number of nitrogens with two attached hydrogens (primary N) is 1. The highest BCUT2D eigenvalue weighted by atomic mass is 16.5. The summed E-state index contributed by atoms with van der Waals surface area (Å²) in [6.07, 6.45) is 5.39. The molecule has 0 aromatic heterocycles. The summed E-state index contributed by atoms with van der Waals surface area (Å²) in [5.41, 5.74) is 5.03.